The van der Waals surface area contributed by atoms with Crippen molar-refractivity contribution < 1.29 is 9.84 Å². The first-order valence-corrected chi connectivity index (χ1v) is 6.79. The standard InChI is InChI=1S/C15H15Cl2NO2/c1-18(12-4-3-5-13(8-12)20-2)9-10-6-11(16)7-14(17)15(10)19/h3-8,19H,9H2,1-2H3. The molecule has 0 saturated carbocycles. The molecule has 0 aliphatic carbocycles. The number of phenols is 1. The molecule has 0 saturated heterocycles. The van der Waals surface area contributed by atoms with Crippen molar-refractivity contribution in [1.82, 2.24) is 0 Å². The monoisotopic (exact) mass is 311 g/mol. The highest BCUT2D eigenvalue weighted by Gasteiger charge is 2.11. The maximum atomic E-state index is 9.98. The molecule has 0 bridgehead atoms. The van der Waals surface area contributed by atoms with Crippen LogP contribution in [-0.4, -0.2) is 19.3 Å². The topological polar surface area (TPSA) is 32.7 Å². The number of aromatic hydroxyl groups is 1. The molecule has 5 heteroatoms. The van der Waals surface area contributed by atoms with E-state index in [-0.39, 0.29) is 10.8 Å². The van der Waals surface area contributed by atoms with Crippen LogP contribution in [0.2, 0.25) is 10.0 Å². The van der Waals surface area contributed by atoms with Gasteiger partial charge in [0.15, 0.2) is 0 Å². The van der Waals surface area contributed by atoms with Crippen LogP contribution < -0.4 is 9.64 Å². The Morgan fingerprint density at radius 3 is 2.65 bits per heavy atom. The van der Waals surface area contributed by atoms with Gasteiger partial charge in [-0.1, -0.05) is 29.3 Å². The van der Waals surface area contributed by atoms with Gasteiger partial charge in [0.1, 0.15) is 11.5 Å². The van der Waals surface area contributed by atoms with Crippen LogP contribution in [0.1, 0.15) is 5.56 Å². The summed E-state index contributed by atoms with van der Waals surface area (Å²) in [6.45, 7) is 0.485. The van der Waals surface area contributed by atoms with Gasteiger partial charge in [0.25, 0.3) is 0 Å². The zero-order valence-corrected chi connectivity index (χ0v) is 12.7. The molecule has 0 radical (unpaired) electrons. The number of ether oxygens (including phenoxy) is 1. The SMILES string of the molecule is COc1cccc(N(C)Cc2cc(Cl)cc(Cl)c2O)c1. The number of benzene rings is 2. The average Bonchev–Trinajstić information content (AvgIpc) is 2.44. The second-order valence-corrected chi connectivity index (χ2v) is 5.30. The first kappa shape index (κ1) is 14.8. The number of hydrogen-bond donors (Lipinski definition) is 1. The van der Waals surface area contributed by atoms with E-state index < -0.39 is 0 Å². The quantitative estimate of drug-likeness (QED) is 0.911. The highest BCUT2D eigenvalue weighted by Crippen LogP contribution is 2.32. The summed E-state index contributed by atoms with van der Waals surface area (Å²) in [5, 5.41) is 10.7. The second kappa shape index (κ2) is 6.25. The molecule has 106 valence electrons. The van der Waals surface area contributed by atoms with E-state index in [1.807, 2.05) is 36.2 Å². The molecule has 2 aromatic carbocycles. The minimum absolute atomic E-state index is 0.0609. The van der Waals surface area contributed by atoms with E-state index in [9.17, 15) is 5.11 Å². The largest absolute Gasteiger partial charge is 0.506 e. The van der Waals surface area contributed by atoms with E-state index in [4.69, 9.17) is 27.9 Å². The van der Waals surface area contributed by atoms with Crippen molar-refractivity contribution in [3.05, 3.63) is 52.0 Å². The normalized spacial score (nSPS) is 10.4. The molecule has 0 fully saturated rings. The molecular formula is C15H15Cl2NO2. The van der Waals surface area contributed by atoms with Gasteiger partial charge in [-0.15, -0.1) is 0 Å². The van der Waals surface area contributed by atoms with Crippen LogP contribution in [-0.2, 0) is 6.54 Å². The maximum absolute atomic E-state index is 9.98. The van der Waals surface area contributed by atoms with Gasteiger partial charge in [0.2, 0.25) is 0 Å². The summed E-state index contributed by atoms with van der Waals surface area (Å²) >= 11 is 11.9. The summed E-state index contributed by atoms with van der Waals surface area (Å²) in [6, 6.07) is 10.9. The van der Waals surface area contributed by atoms with E-state index >= 15 is 0 Å². The minimum Gasteiger partial charge on any atom is -0.506 e. The predicted octanol–water partition coefficient (Wildman–Crippen LogP) is 4.34. The number of phenolic OH excluding ortho intramolecular Hbond substituents is 1. The molecule has 0 aromatic heterocycles. The fraction of sp³-hybridized carbons (Fsp3) is 0.200. The van der Waals surface area contributed by atoms with Gasteiger partial charge in [-0.25, -0.2) is 0 Å². The number of rotatable bonds is 4. The summed E-state index contributed by atoms with van der Waals surface area (Å²) in [5.41, 5.74) is 1.65. The molecular weight excluding hydrogens is 297 g/mol. The van der Waals surface area contributed by atoms with E-state index in [2.05, 4.69) is 0 Å². The van der Waals surface area contributed by atoms with Gasteiger partial charge in [0, 0.05) is 35.9 Å². The van der Waals surface area contributed by atoms with Gasteiger partial charge in [0.05, 0.1) is 12.1 Å². The number of anilines is 1. The zero-order valence-electron chi connectivity index (χ0n) is 11.2. The van der Waals surface area contributed by atoms with Gasteiger partial charge in [-0.3, -0.25) is 0 Å². The molecule has 0 atom stereocenters. The Hall–Kier alpha value is -1.58. The lowest BCUT2D eigenvalue weighted by atomic mass is 10.1. The molecule has 0 aliphatic heterocycles. The van der Waals surface area contributed by atoms with E-state index in [0.717, 1.165) is 11.4 Å². The molecule has 2 aromatic rings. The van der Waals surface area contributed by atoms with Crippen molar-refractivity contribution in [3.63, 3.8) is 0 Å². The minimum atomic E-state index is 0.0609. The van der Waals surface area contributed by atoms with Crippen LogP contribution in [0.15, 0.2) is 36.4 Å². The van der Waals surface area contributed by atoms with Crippen LogP contribution in [0.3, 0.4) is 0 Å². The highest BCUT2D eigenvalue weighted by molar-refractivity contribution is 6.35. The van der Waals surface area contributed by atoms with Crippen molar-refractivity contribution in [2.24, 2.45) is 0 Å². The Kier molecular flexibility index (Phi) is 4.63. The van der Waals surface area contributed by atoms with Crippen molar-refractivity contribution in [3.8, 4) is 11.5 Å². The van der Waals surface area contributed by atoms with Crippen LogP contribution in [0.25, 0.3) is 0 Å². The molecule has 1 N–H and O–H groups in total. The van der Waals surface area contributed by atoms with Gasteiger partial charge < -0.3 is 14.7 Å². The fourth-order valence-corrected chi connectivity index (χ4v) is 2.47. The van der Waals surface area contributed by atoms with Crippen LogP contribution in [0, 0.1) is 0 Å². The van der Waals surface area contributed by atoms with Crippen LogP contribution >= 0.6 is 23.2 Å². The van der Waals surface area contributed by atoms with E-state index in [1.165, 1.54) is 6.07 Å². The predicted molar refractivity (Wildman–Crippen MR) is 83.2 cm³/mol. The zero-order chi connectivity index (χ0) is 14.7. The highest BCUT2D eigenvalue weighted by atomic mass is 35.5. The first-order chi connectivity index (χ1) is 9.51. The summed E-state index contributed by atoms with van der Waals surface area (Å²) in [4.78, 5) is 1.98. The fourth-order valence-electron chi connectivity index (χ4n) is 1.93. The molecule has 2 rings (SSSR count). The average molecular weight is 312 g/mol. The van der Waals surface area contributed by atoms with E-state index in [0.29, 0.717) is 17.1 Å². The maximum Gasteiger partial charge on any atom is 0.139 e. The number of halogens is 2. The van der Waals surface area contributed by atoms with Gasteiger partial charge in [-0.05, 0) is 24.3 Å². The summed E-state index contributed by atoms with van der Waals surface area (Å²) in [6.07, 6.45) is 0. The second-order valence-electron chi connectivity index (χ2n) is 4.45. The third-order valence-corrected chi connectivity index (χ3v) is 3.52. The number of nitrogens with zero attached hydrogens (tertiary/aromatic N) is 1. The number of methoxy groups -OCH3 is 1. The lowest BCUT2D eigenvalue weighted by Crippen LogP contribution is -2.16. The number of hydrogen-bond acceptors (Lipinski definition) is 3. The van der Waals surface area contributed by atoms with Gasteiger partial charge in [-0.2, -0.15) is 0 Å². The Morgan fingerprint density at radius 1 is 1.20 bits per heavy atom. The lowest BCUT2D eigenvalue weighted by molar-refractivity contribution is 0.415. The molecule has 0 aliphatic rings. The third kappa shape index (κ3) is 3.30. The summed E-state index contributed by atoms with van der Waals surface area (Å²) < 4.78 is 5.20. The van der Waals surface area contributed by atoms with Crippen molar-refractivity contribution in [1.29, 1.82) is 0 Å². The summed E-state index contributed by atoms with van der Waals surface area (Å²) in [7, 11) is 3.55. The molecule has 0 spiro atoms. The lowest BCUT2D eigenvalue weighted by Gasteiger charge is -2.21. The smallest absolute Gasteiger partial charge is 0.139 e. The molecule has 0 heterocycles. The van der Waals surface area contributed by atoms with Gasteiger partial charge >= 0.3 is 0 Å². The van der Waals surface area contributed by atoms with Crippen molar-refractivity contribution in [2.45, 2.75) is 6.54 Å². The van der Waals surface area contributed by atoms with Crippen molar-refractivity contribution in [2.75, 3.05) is 19.1 Å². The third-order valence-electron chi connectivity index (χ3n) is 3.01. The Labute approximate surface area is 128 Å². The molecule has 0 unspecified atom stereocenters. The molecule has 3 nitrogen and oxygen atoms in total. The Morgan fingerprint density at radius 2 is 1.95 bits per heavy atom. The van der Waals surface area contributed by atoms with Crippen molar-refractivity contribution >= 4 is 28.9 Å². The Bertz CT molecular complexity index is 617. The van der Waals surface area contributed by atoms with E-state index in [1.54, 1.807) is 13.2 Å². The van der Waals surface area contributed by atoms with Crippen LogP contribution in [0.4, 0.5) is 5.69 Å². The molecule has 20 heavy (non-hydrogen) atoms. The Balaban J connectivity index is 2.25. The van der Waals surface area contributed by atoms with Crippen LogP contribution in [0.5, 0.6) is 11.5 Å². The molecule has 0 amide bonds. The first-order valence-electron chi connectivity index (χ1n) is 6.03. The summed E-state index contributed by atoms with van der Waals surface area (Å²) in [5.74, 6) is 0.841.